The lowest BCUT2D eigenvalue weighted by Gasteiger charge is -2.19. The molecule has 0 saturated heterocycles. The normalized spacial score (nSPS) is 12.6. The van der Waals surface area contributed by atoms with Crippen molar-refractivity contribution in [3.8, 4) is 0 Å². The highest BCUT2D eigenvalue weighted by atomic mass is 15.5. The summed E-state index contributed by atoms with van der Waals surface area (Å²) in [5, 5.41) is 17.4. The van der Waals surface area contributed by atoms with Crippen LogP contribution in [0, 0.1) is 0 Å². The molecule has 3 heterocycles. The third kappa shape index (κ3) is 4.12. The number of aromatic amines is 1. The molecule has 0 bridgehead atoms. The van der Waals surface area contributed by atoms with Crippen molar-refractivity contribution in [2.24, 2.45) is 0 Å². The van der Waals surface area contributed by atoms with Gasteiger partial charge in [-0.25, -0.2) is 9.67 Å². The molecule has 0 aliphatic heterocycles. The molecule has 0 fully saturated rings. The minimum atomic E-state index is -0.0534. The van der Waals surface area contributed by atoms with Crippen molar-refractivity contribution < 1.29 is 0 Å². The van der Waals surface area contributed by atoms with Gasteiger partial charge in [0.25, 0.3) is 0 Å². The average Bonchev–Trinajstić information content (AvgIpc) is 3.47. The topological polar surface area (TPSA) is 89.2 Å². The summed E-state index contributed by atoms with van der Waals surface area (Å²) in [7, 11) is 0. The molecule has 2 N–H and O–H groups in total. The van der Waals surface area contributed by atoms with Crippen molar-refractivity contribution in [2.75, 3.05) is 6.54 Å². The zero-order chi connectivity index (χ0) is 19.2. The van der Waals surface area contributed by atoms with Gasteiger partial charge in [0, 0.05) is 37.2 Å². The second kappa shape index (κ2) is 8.79. The van der Waals surface area contributed by atoms with Gasteiger partial charge in [-0.15, -0.1) is 5.10 Å². The third-order valence-corrected chi connectivity index (χ3v) is 4.95. The Morgan fingerprint density at radius 2 is 2.14 bits per heavy atom. The fourth-order valence-electron chi connectivity index (χ4n) is 3.42. The SMILES string of the molecule is CCCCn1nnnc1C(NCCCn1ccnc1)c1ccc2cc[nH]c2c1. The summed E-state index contributed by atoms with van der Waals surface area (Å²) >= 11 is 0. The van der Waals surface area contributed by atoms with Crippen molar-refractivity contribution in [2.45, 2.75) is 45.3 Å². The van der Waals surface area contributed by atoms with Crippen LogP contribution in [0.4, 0.5) is 0 Å². The fourth-order valence-corrected chi connectivity index (χ4v) is 3.42. The van der Waals surface area contributed by atoms with Gasteiger partial charge in [0.2, 0.25) is 0 Å². The summed E-state index contributed by atoms with van der Waals surface area (Å²) in [6.07, 6.45) is 10.8. The predicted molar refractivity (Wildman–Crippen MR) is 108 cm³/mol. The molecule has 0 saturated carbocycles. The van der Waals surface area contributed by atoms with Gasteiger partial charge in [-0.2, -0.15) is 0 Å². The number of fused-ring (bicyclic) bond motifs is 1. The summed E-state index contributed by atoms with van der Waals surface area (Å²) in [5.41, 5.74) is 2.28. The van der Waals surface area contributed by atoms with E-state index in [4.69, 9.17) is 0 Å². The standard InChI is InChI=1S/C20H26N8/c1-2-3-12-28-20(24-25-26-28)19(23-8-4-11-27-13-10-21-15-27)17-6-5-16-7-9-22-18(16)14-17/h5-7,9-10,13-15,19,22-23H,2-4,8,11-12H2,1H3. The summed E-state index contributed by atoms with van der Waals surface area (Å²) in [6.45, 7) is 4.79. The summed E-state index contributed by atoms with van der Waals surface area (Å²) in [6, 6.07) is 8.51. The lowest BCUT2D eigenvalue weighted by Crippen LogP contribution is -2.27. The van der Waals surface area contributed by atoms with E-state index in [0.29, 0.717) is 0 Å². The van der Waals surface area contributed by atoms with Gasteiger partial charge in [0.15, 0.2) is 5.82 Å². The van der Waals surface area contributed by atoms with E-state index in [2.05, 4.69) is 66.6 Å². The minimum Gasteiger partial charge on any atom is -0.361 e. The predicted octanol–water partition coefficient (Wildman–Crippen LogP) is 2.92. The van der Waals surface area contributed by atoms with Crippen LogP contribution in [0.1, 0.15) is 43.6 Å². The monoisotopic (exact) mass is 378 g/mol. The molecular formula is C20H26N8. The molecule has 0 spiro atoms. The Morgan fingerprint density at radius 1 is 1.18 bits per heavy atom. The number of imidazole rings is 1. The number of aryl methyl sites for hydroxylation is 2. The van der Waals surface area contributed by atoms with Crippen molar-refractivity contribution in [3.63, 3.8) is 0 Å². The molecule has 1 aromatic carbocycles. The lowest BCUT2D eigenvalue weighted by molar-refractivity contribution is 0.478. The number of H-pyrrole nitrogens is 1. The number of rotatable bonds is 10. The molecule has 8 nitrogen and oxygen atoms in total. The highest BCUT2D eigenvalue weighted by Crippen LogP contribution is 2.24. The number of nitrogens with zero attached hydrogens (tertiary/aromatic N) is 6. The van der Waals surface area contributed by atoms with Crippen LogP contribution in [0.15, 0.2) is 49.2 Å². The van der Waals surface area contributed by atoms with Gasteiger partial charge in [0.1, 0.15) is 0 Å². The largest absolute Gasteiger partial charge is 0.361 e. The molecule has 146 valence electrons. The van der Waals surface area contributed by atoms with E-state index in [-0.39, 0.29) is 6.04 Å². The first-order valence-electron chi connectivity index (χ1n) is 9.87. The number of benzene rings is 1. The maximum absolute atomic E-state index is 4.36. The van der Waals surface area contributed by atoms with E-state index >= 15 is 0 Å². The summed E-state index contributed by atoms with van der Waals surface area (Å²) in [4.78, 5) is 7.40. The lowest BCUT2D eigenvalue weighted by atomic mass is 10.0. The third-order valence-electron chi connectivity index (χ3n) is 4.95. The Labute approximate surface area is 164 Å². The van der Waals surface area contributed by atoms with Crippen LogP contribution in [-0.2, 0) is 13.1 Å². The van der Waals surface area contributed by atoms with E-state index in [1.54, 1.807) is 0 Å². The maximum atomic E-state index is 4.36. The smallest absolute Gasteiger partial charge is 0.172 e. The zero-order valence-electron chi connectivity index (χ0n) is 16.1. The van der Waals surface area contributed by atoms with E-state index in [9.17, 15) is 0 Å². The van der Waals surface area contributed by atoms with Gasteiger partial charge < -0.3 is 14.9 Å². The number of hydrogen-bond donors (Lipinski definition) is 2. The molecule has 0 radical (unpaired) electrons. The molecule has 8 heteroatoms. The van der Waals surface area contributed by atoms with Crippen molar-refractivity contribution in [3.05, 3.63) is 60.6 Å². The number of hydrogen-bond acceptors (Lipinski definition) is 5. The first kappa shape index (κ1) is 18.4. The second-order valence-electron chi connectivity index (χ2n) is 6.98. The van der Waals surface area contributed by atoms with Gasteiger partial charge in [-0.1, -0.05) is 25.5 Å². The Bertz CT molecular complexity index is 985. The van der Waals surface area contributed by atoms with Crippen LogP contribution in [0.25, 0.3) is 10.9 Å². The average molecular weight is 378 g/mol. The van der Waals surface area contributed by atoms with Crippen LogP contribution < -0.4 is 5.32 Å². The number of aromatic nitrogens is 7. The first-order valence-corrected chi connectivity index (χ1v) is 9.87. The van der Waals surface area contributed by atoms with E-state index in [0.717, 1.165) is 55.8 Å². The van der Waals surface area contributed by atoms with Gasteiger partial charge in [0.05, 0.1) is 12.4 Å². The molecule has 4 rings (SSSR count). The number of nitrogens with one attached hydrogen (secondary N) is 2. The Morgan fingerprint density at radius 3 is 3.00 bits per heavy atom. The van der Waals surface area contributed by atoms with Crippen LogP contribution >= 0.6 is 0 Å². The molecule has 0 aliphatic carbocycles. The van der Waals surface area contributed by atoms with Crippen molar-refractivity contribution in [1.82, 2.24) is 40.1 Å². The van der Waals surface area contributed by atoms with E-state index in [1.807, 2.05) is 29.6 Å². The Balaban J connectivity index is 1.54. The summed E-state index contributed by atoms with van der Waals surface area (Å²) < 4.78 is 4.02. The molecule has 28 heavy (non-hydrogen) atoms. The second-order valence-corrected chi connectivity index (χ2v) is 6.98. The molecule has 4 aromatic rings. The van der Waals surface area contributed by atoms with Crippen LogP contribution in [-0.4, -0.2) is 41.3 Å². The molecule has 3 aromatic heterocycles. The quantitative estimate of drug-likeness (QED) is 0.414. The molecule has 1 unspecified atom stereocenters. The van der Waals surface area contributed by atoms with Crippen molar-refractivity contribution in [1.29, 1.82) is 0 Å². The fraction of sp³-hybridized carbons (Fsp3) is 0.400. The van der Waals surface area contributed by atoms with Crippen LogP contribution in [0.5, 0.6) is 0 Å². The van der Waals surface area contributed by atoms with Crippen LogP contribution in [0.2, 0.25) is 0 Å². The van der Waals surface area contributed by atoms with Crippen LogP contribution in [0.3, 0.4) is 0 Å². The van der Waals surface area contributed by atoms with Gasteiger partial charge >= 0.3 is 0 Å². The molecule has 0 amide bonds. The van der Waals surface area contributed by atoms with Gasteiger partial charge in [-0.05, 0) is 52.9 Å². The zero-order valence-corrected chi connectivity index (χ0v) is 16.1. The molecule has 1 atom stereocenters. The Hall–Kier alpha value is -3.00. The number of unbranched alkanes of at least 4 members (excludes halogenated alkanes) is 1. The first-order chi connectivity index (χ1) is 13.8. The molecule has 0 aliphatic rings. The highest BCUT2D eigenvalue weighted by Gasteiger charge is 2.21. The summed E-state index contributed by atoms with van der Waals surface area (Å²) in [5.74, 6) is 0.863. The molecular weight excluding hydrogens is 352 g/mol. The Kier molecular flexibility index (Phi) is 5.77. The van der Waals surface area contributed by atoms with Gasteiger partial charge in [-0.3, -0.25) is 0 Å². The number of tetrazole rings is 1. The highest BCUT2D eigenvalue weighted by molar-refractivity contribution is 5.80. The maximum Gasteiger partial charge on any atom is 0.172 e. The van der Waals surface area contributed by atoms with Crippen molar-refractivity contribution >= 4 is 10.9 Å². The van der Waals surface area contributed by atoms with E-state index < -0.39 is 0 Å². The minimum absolute atomic E-state index is 0.0534. The van der Waals surface area contributed by atoms with E-state index in [1.165, 1.54) is 5.39 Å².